The van der Waals surface area contributed by atoms with Gasteiger partial charge in [-0.15, -0.1) is 0 Å². The fraction of sp³-hybridized carbons (Fsp3) is 0.455. The average molecular weight is 403 g/mol. The Morgan fingerprint density at radius 1 is 0.966 bits per heavy atom. The van der Waals surface area contributed by atoms with E-state index in [0.717, 1.165) is 28.8 Å². The minimum absolute atomic E-state index is 0.384. The molecule has 0 unspecified atom stereocenters. The van der Waals surface area contributed by atoms with Gasteiger partial charge in [0, 0.05) is 18.8 Å². The number of benzene rings is 2. The third kappa shape index (κ3) is 3.78. The van der Waals surface area contributed by atoms with Gasteiger partial charge in [-0.05, 0) is 68.9 Å². The highest BCUT2D eigenvalue weighted by molar-refractivity contribution is 6.62. The summed E-state index contributed by atoms with van der Waals surface area (Å²) in [6.07, 6.45) is -3.67. The van der Waals surface area contributed by atoms with Crippen LogP contribution in [0.25, 0.3) is 0 Å². The van der Waals surface area contributed by atoms with Crippen molar-refractivity contribution in [2.75, 3.05) is 11.4 Å². The number of nitrogens with zero attached hydrogens (tertiary/aromatic N) is 1. The van der Waals surface area contributed by atoms with Crippen molar-refractivity contribution >= 4 is 18.3 Å². The van der Waals surface area contributed by atoms with Gasteiger partial charge in [0.1, 0.15) is 0 Å². The quantitative estimate of drug-likeness (QED) is 0.702. The van der Waals surface area contributed by atoms with Gasteiger partial charge in [0.2, 0.25) is 0 Å². The Hall–Kier alpha value is -1.99. The molecule has 154 valence electrons. The van der Waals surface area contributed by atoms with Crippen LogP contribution in [0.1, 0.15) is 44.4 Å². The Kier molecular flexibility index (Phi) is 4.74. The molecule has 3 nitrogen and oxygen atoms in total. The Balaban J connectivity index is 1.46. The van der Waals surface area contributed by atoms with E-state index in [0.29, 0.717) is 13.0 Å². The molecule has 2 aromatic rings. The average Bonchev–Trinajstić information content (AvgIpc) is 3.12. The molecule has 0 N–H and O–H groups in total. The Bertz CT molecular complexity index is 893. The molecule has 1 fully saturated rings. The van der Waals surface area contributed by atoms with E-state index in [2.05, 4.69) is 4.90 Å². The molecule has 2 aliphatic rings. The normalized spacial score (nSPS) is 20.2. The van der Waals surface area contributed by atoms with Crippen LogP contribution >= 0.6 is 0 Å². The van der Waals surface area contributed by atoms with E-state index < -0.39 is 18.9 Å². The molecule has 29 heavy (non-hydrogen) atoms. The third-order valence-electron chi connectivity index (χ3n) is 6.28. The summed E-state index contributed by atoms with van der Waals surface area (Å²) in [6.45, 7) is 9.47. The van der Waals surface area contributed by atoms with Crippen LogP contribution in [0.5, 0.6) is 0 Å². The summed E-state index contributed by atoms with van der Waals surface area (Å²) >= 11 is 0. The van der Waals surface area contributed by atoms with Gasteiger partial charge >= 0.3 is 13.3 Å². The molecular formula is C22H25BF3NO2. The first kappa shape index (κ1) is 20.3. The van der Waals surface area contributed by atoms with Crippen molar-refractivity contribution in [1.82, 2.24) is 0 Å². The van der Waals surface area contributed by atoms with E-state index in [4.69, 9.17) is 9.31 Å². The van der Waals surface area contributed by atoms with Crippen molar-refractivity contribution in [3.05, 3.63) is 59.2 Å². The summed E-state index contributed by atoms with van der Waals surface area (Å²) in [7, 11) is -0.401. The zero-order valence-electron chi connectivity index (χ0n) is 17.1. The monoisotopic (exact) mass is 403 g/mol. The summed E-state index contributed by atoms with van der Waals surface area (Å²) in [5.41, 5.74) is 2.35. The second-order valence-electron chi connectivity index (χ2n) is 8.84. The summed E-state index contributed by atoms with van der Waals surface area (Å²) in [5.74, 6) is 0. The van der Waals surface area contributed by atoms with Gasteiger partial charge < -0.3 is 14.2 Å². The number of anilines is 1. The second kappa shape index (κ2) is 6.78. The molecule has 0 aliphatic carbocycles. The Morgan fingerprint density at radius 2 is 1.59 bits per heavy atom. The molecule has 0 radical (unpaired) electrons. The molecule has 0 aromatic heterocycles. The van der Waals surface area contributed by atoms with Crippen LogP contribution < -0.4 is 10.4 Å². The predicted molar refractivity (Wildman–Crippen MR) is 108 cm³/mol. The minimum atomic E-state index is -4.30. The summed E-state index contributed by atoms with van der Waals surface area (Å²) in [6, 6.07) is 12.1. The third-order valence-corrected chi connectivity index (χ3v) is 6.28. The molecule has 1 saturated heterocycles. The van der Waals surface area contributed by atoms with Crippen LogP contribution in [-0.4, -0.2) is 24.9 Å². The first-order valence-corrected chi connectivity index (χ1v) is 9.86. The number of fused-ring (bicyclic) bond motifs is 1. The molecule has 0 spiro atoms. The fourth-order valence-electron chi connectivity index (χ4n) is 3.79. The molecule has 0 amide bonds. The number of rotatable bonds is 3. The zero-order chi connectivity index (χ0) is 21.0. The fourth-order valence-corrected chi connectivity index (χ4v) is 3.79. The SMILES string of the molecule is CC1(C)OB(c2ccc(CN3CCc4cc(C(F)(F)F)ccc43)cc2)OC1(C)C. The van der Waals surface area contributed by atoms with Crippen LogP contribution in [0.3, 0.4) is 0 Å². The van der Waals surface area contributed by atoms with Crippen molar-refractivity contribution < 1.29 is 22.5 Å². The summed E-state index contributed by atoms with van der Waals surface area (Å²) in [4.78, 5) is 2.12. The largest absolute Gasteiger partial charge is 0.494 e. The highest BCUT2D eigenvalue weighted by Crippen LogP contribution is 2.37. The lowest BCUT2D eigenvalue weighted by molar-refractivity contribution is -0.137. The van der Waals surface area contributed by atoms with Gasteiger partial charge in [0.25, 0.3) is 0 Å². The molecule has 2 aromatic carbocycles. The lowest BCUT2D eigenvalue weighted by Crippen LogP contribution is -2.41. The molecule has 0 atom stereocenters. The van der Waals surface area contributed by atoms with Gasteiger partial charge in [-0.25, -0.2) is 0 Å². The number of hydrogen-bond acceptors (Lipinski definition) is 3. The van der Waals surface area contributed by atoms with Crippen LogP contribution in [0.4, 0.5) is 18.9 Å². The first-order chi connectivity index (χ1) is 13.5. The van der Waals surface area contributed by atoms with Crippen molar-refractivity contribution in [2.45, 2.75) is 58.0 Å². The van der Waals surface area contributed by atoms with Gasteiger partial charge in [-0.1, -0.05) is 24.3 Å². The number of halogens is 3. The van der Waals surface area contributed by atoms with E-state index in [1.807, 2.05) is 52.0 Å². The maximum Gasteiger partial charge on any atom is 0.494 e. The van der Waals surface area contributed by atoms with Gasteiger partial charge in [0.05, 0.1) is 16.8 Å². The second-order valence-corrected chi connectivity index (χ2v) is 8.84. The smallest absolute Gasteiger partial charge is 0.399 e. The van der Waals surface area contributed by atoms with Gasteiger partial charge in [-0.2, -0.15) is 13.2 Å². The predicted octanol–water partition coefficient (Wildman–Crippen LogP) is 4.57. The Morgan fingerprint density at radius 3 is 2.17 bits per heavy atom. The molecule has 2 aliphatic heterocycles. The minimum Gasteiger partial charge on any atom is -0.399 e. The highest BCUT2D eigenvalue weighted by Gasteiger charge is 2.51. The molecule has 0 saturated carbocycles. The lowest BCUT2D eigenvalue weighted by Gasteiger charge is -2.32. The Labute approximate surface area is 170 Å². The first-order valence-electron chi connectivity index (χ1n) is 9.86. The van der Waals surface area contributed by atoms with Gasteiger partial charge in [-0.3, -0.25) is 0 Å². The standard InChI is InChI=1S/C22H25BF3NO2/c1-20(2)21(3,4)29-23(28-20)18-8-5-15(6-9-18)14-27-12-11-16-13-17(22(24,25)26)7-10-19(16)27/h5-10,13H,11-12,14H2,1-4H3. The summed E-state index contributed by atoms with van der Waals surface area (Å²) in [5, 5.41) is 0. The van der Waals surface area contributed by atoms with Crippen molar-refractivity contribution in [2.24, 2.45) is 0 Å². The molecule has 0 bridgehead atoms. The number of alkyl halides is 3. The van der Waals surface area contributed by atoms with E-state index in [1.165, 1.54) is 12.1 Å². The van der Waals surface area contributed by atoms with E-state index in [1.54, 1.807) is 6.07 Å². The summed E-state index contributed by atoms with van der Waals surface area (Å²) < 4.78 is 51.0. The van der Waals surface area contributed by atoms with Crippen LogP contribution in [0.15, 0.2) is 42.5 Å². The molecular weight excluding hydrogens is 378 g/mol. The number of hydrogen-bond donors (Lipinski definition) is 0. The van der Waals surface area contributed by atoms with Crippen molar-refractivity contribution in [3.8, 4) is 0 Å². The maximum atomic E-state index is 12.9. The molecule has 7 heteroatoms. The van der Waals surface area contributed by atoms with Crippen molar-refractivity contribution in [1.29, 1.82) is 0 Å². The van der Waals surface area contributed by atoms with Gasteiger partial charge in [0.15, 0.2) is 0 Å². The van der Waals surface area contributed by atoms with Crippen LogP contribution in [0.2, 0.25) is 0 Å². The zero-order valence-corrected chi connectivity index (χ0v) is 17.1. The van der Waals surface area contributed by atoms with E-state index in [-0.39, 0.29) is 11.2 Å². The highest BCUT2D eigenvalue weighted by atomic mass is 19.4. The molecule has 2 heterocycles. The topological polar surface area (TPSA) is 21.7 Å². The maximum absolute atomic E-state index is 12.9. The van der Waals surface area contributed by atoms with Crippen molar-refractivity contribution in [3.63, 3.8) is 0 Å². The van der Waals surface area contributed by atoms with Crippen LogP contribution in [-0.2, 0) is 28.5 Å². The van der Waals surface area contributed by atoms with E-state index >= 15 is 0 Å². The molecule has 4 rings (SSSR count). The van der Waals surface area contributed by atoms with E-state index in [9.17, 15) is 13.2 Å². The lowest BCUT2D eigenvalue weighted by atomic mass is 9.79. The van der Waals surface area contributed by atoms with Crippen LogP contribution in [0, 0.1) is 0 Å².